The molecule has 2 aromatic carbocycles. The second-order valence-electron chi connectivity index (χ2n) is 8.39. The molecule has 7 heteroatoms. The molecule has 0 amide bonds. The van der Waals surface area contributed by atoms with Crippen molar-refractivity contribution in [2.45, 2.75) is 45.0 Å². The molecule has 0 spiro atoms. The Kier molecular flexibility index (Phi) is 4.92. The van der Waals surface area contributed by atoms with Crippen LogP contribution in [0.15, 0.2) is 53.7 Å². The summed E-state index contributed by atoms with van der Waals surface area (Å²) < 4.78 is 40.2. The van der Waals surface area contributed by atoms with Crippen molar-refractivity contribution in [3.63, 3.8) is 0 Å². The van der Waals surface area contributed by atoms with E-state index in [4.69, 9.17) is 4.84 Å². The Balaban J connectivity index is 1.68. The predicted octanol–water partition coefficient (Wildman–Crippen LogP) is 6.16. The minimum Gasteiger partial charge on any atom is -0.388 e. The first-order chi connectivity index (χ1) is 13.6. The number of fused-ring (bicyclic) bond motifs is 1. The van der Waals surface area contributed by atoms with E-state index in [0.29, 0.717) is 25.1 Å². The highest BCUT2D eigenvalue weighted by Gasteiger charge is 2.53. The van der Waals surface area contributed by atoms with Gasteiger partial charge in [-0.15, -0.1) is 0 Å². The molecular weight excluding hydrogens is 445 g/mol. The fourth-order valence-electron chi connectivity index (χ4n) is 4.33. The third-order valence-corrected chi connectivity index (χ3v) is 6.61. The Hall–Kier alpha value is -2.02. The summed E-state index contributed by atoms with van der Waals surface area (Å²) in [7, 11) is 0. The van der Waals surface area contributed by atoms with Crippen molar-refractivity contribution >= 4 is 26.2 Å². The molecule has 2 aliphatic heterocycles. The van der Waals surface area contributed by atoms with Gasteiger partial charge in [-0.3, -0.25) is 0 Å². The van der Waals surface area contributed by atoms with E-state index in [1.165, 1.54) is 17.7 Å². The third kappa shape index (κ3) is 3.77. The zero-order valence-corrected chi connectivity index (χ0v) is 17.8. The van der Waals surface area contributed by atoms with E-state index >= 15 is 0 Å². The highest BCUT2D eigenvalue weighted by atomic mass is 79.9. The summed E-state index contributed by atoms with van der Waals surface area (Å²) in [6.07, 6.45) is -2.86. The van der Waals surface area contributed by atoms with Gasteiger partial charge in [0.05, 0.1) is 5.56 Å². The van der Waals surface area contributed by atoms with Crippen LogP contribution in [0.2, 0.25) is 0 Å². The molecule has 0 aromatic heterocycles. The number of hydrogen-bond acceptors (Lipinski definition) is 3. The summed E-state index contributed by atoms with van der Waals surface area (Å²) in [5.41, 5.74) is 1.48. The molecule has 0 N–H and O–H groups in total. The summed E-state index contributed by atoms with van der Waals surface area (Å²) >= 11 is 3.44. The van der Waals surface area contributed by atoms with E-state index < -0.39 is 17.3 Å². The van der Waals surface area contributed by atoms with Gasteiger partial charge in [-0.05, 0) is 58.6 Å². The average Bonchev–Trinajstić information content (AvgIpc) is 3.02. The summed E-state index contributed by atoms with van der Waals surface area (Å²) in [5, 5.41) is 4.10. The minimum absolute atomic E-state index is 0.262. The quantitative estimate of drug-likeness (QED) is 0.540. The lowest BCUT2D eigenvalue weighted by Crippen LogP contribution is -2.54. The number of nitrogens with zero attached hydrogens (tertiary/aromatic N) is 2. The Morgan fingerprint density at radius 1 is 1.10 bits per heavy atom. The molecular formula is C22H22BrF3N2O. The molecule has 0 saturated heterocycles. The fourth-order valence-corrected chi connectivity index (χ4v) is 4.94. The number of oxime groups is 1. The van der Waals surface area contributed by atoms with Crippen LogP contribution >= 0.6 is 15.9 Å². The van der Waals surface area contributed by atoms with Crippen LogP contribution in [-0.4, -0.2) is 16.8 Å². The lowest BCUT2D eigenvalue weighted by Gasteiger charge is -2.49. The summed E-state index contributed by atoms with van der Waals surface area (Å²) in [6.45, 7) is 5.28. The van der Waals surface area contributed by atoms with Gasteiger partial charge in [0.25, 0.3) is 0 Å². The van der Waals surface area contributed by atoms with Crippen LogP contribution in [0.3, 0.4) is 0 Å². The van der Waals surface area contributed by atoms with E-state index in [1.54, 1.807) is 6.07 Å². The molecule has 2 atom stereocenters. The first-order valence-corrected chi connectivity index (χ1v) is 10.3. The van der Waals surface area contributed by atoms with Gasteiger partial charge in [-0.2, -0.15) is 13.2 Å². The van der Waals surface area contributed by atoms with Crippen LogP contribution in [-0.2, 0) is 24.0 Å². The van der Waals surface area contributed by atoms with E-state index in [0.717, 1.165) is 22.8 Å². The van der Waals surface area contributed by atoms with E-state index in [2.05, 4.69) is 45.9 Å². The highest BCUT2D eigenvalue weighted by Crippen LogP contribution is 2.49. The van der Waals surface area contributed by atoms with Gasteiger partial charge in [-0.25, -0.2) is 0 Å². The van der Waals surface area contributed by atoms with Crippen molar-refractivity contribution in [1.29, 1.82) is 0 Å². The average molecular weight is 467 g/mol. The normalized spacial score (nSPS) is 26.7. The van der Waals surface area contributed by atoms with Crippen molar-refractivity contribution in [1.82, 2.24) is 0 Å². The smallest absolute Gasteiger partial charge is 0.388 e. The second-order valence-corrected chi connectivity index (χ2v) is 9.30. The highest BCUT2D eigenvalue weighted by molar-refractivity contribution is 9.18. The maximum atomic E-state index is 13.2. The summed E-state index contributed by atoms with van der Waals surface area (Å²) in [6, 6.07) is 13.6. The number of alkyl halides is 3. The van der Waals surface area contributed by atoms with Crippen LogP contribution in [0, 0.1) is 5.41 Å². The van der Waals surface area contributed by atoms with Gasteiger partial charge < -0.3 is 9.74 Å². The van der Waals surface area contributed by atoms with Gasteiger partial charge >= 0.3 is 6.18 Å². The molecule has 3 nitrogen and oxygen atoms in total. The van der Waals surface area contributed by atoms with Crippen molar-refractivity contribution in [2.24, 2.45) is 10.6 Å². The molecule has 0 fully saturated rings. The lowest BCUT2D eigenvalue weighted by molar-refractivity contribution is -0.137. The molecule has 2 aliphatic rings. The molecule has 29 heavy (non-hydrogen) atoms. The summed E-state index contributed by atoms with van der Waals surface area (Å²) in [4.78, 5) is 8.00. The van der Waals surface area contributed by atoms with Crippen molar-refractivity contribution < 1.29 is 18.0 Å². The predicted molar refractivity (Wildman–Crippen MR) is 111 cm³/mol. The summed E-state index contributed by atoms with van der Waals surface area (Å²) in [5.74, 6) is 0. The number of rotatable bonds is 3. The van der Waals surface area contributed by atoms with Gasteiger partial charge in [0.1, 0.15) is 10.2 Å². The Morgan fingerprint density at radius 3 is 2.55 bits per heavy atom. The Morgan fingerprint density at radius 2 is 1.86 bits per heavy atom. The second kappa shape index (κ2) is 7.04. The molecule has 4 rings (SSSR count). The van der Waals surface area contributed by atoms with Crippen LogP contribution in [0.1, 0.15) is 37.0 Å². The van der Waals surface area contributed by atoms with Gasteiger partial charge in [0.15, 0.2) is 0 Å². The largest absolute Gasteiger partial charge is 0.416 e. The lowest BCUT2D eigenvalue weighted by atomic mass is 9.67. The molecule has 0 aliphatic carbocycles. The first kappa shape index (κ1) is 20.3. The Labute approximate surface area is 176 Å². The topological polar surface area (TPSA) is 24.8 Å². The van der Waals surface area contributed by atoms with Crippen molar-refractivity contribution in [3.8, 4) is 0 Å². The van der Waals surface area contributed by atoms with Gasteiger partial charge in [0.2, 0.25) is 0 Å². The SMILES string of the molecule is C[C@]1([C@@]2(C)CC(Br)=NO2)Cc2ccccc2N(Cc2cccc(C(F)(F)F)c2)C1. The minimum atomic E-state index is -4.35. The van der Waals surface area contributed by atoms with Crippen LogP contribution in [0.5, 0.6) is 0 Å². The third-order valence-electron chi connectivity index (χ3n) is 6.19. The molecule has 0 radical (unpaired) electrons. The van der Waals surface area contributed by atoms with E-state index in [1.807, 2.05) is 18.2 Å². The molecule has 154 valence electrons. The number of benzene rings is 2. The zero-order chi connectivity index (χ0) is 20.9. The van der Waals surface area contributed by atoms with Crippen LogP contribution in [0.25, 0.3) is 0 Å². The maximum absolute atomic E-state index is 13.2. The molecule has 0 saturated carbocycles. The van der Waals surface area contributed by atoms with Gasteiger partial charge in [0, 0.05) is 30.6 Å². The number of halogens is 4. The van der Waals surface area contributed by atoms with Crippen LogP contribution < -0.4 is 4.90 Å². The molecule has 2 aromatic rings. The standard InChI is InChI=1S/C22H22BrF3N2O/c1-20(21(2)12-19(23)27-29-21)11-16-7-3-4-9-18(16)28(14-20)13-15-6-5-8-17(10-15)22(24,25)26/h3-10H,11-14H2,1-2H3/t20-,21+/m0/s1. The van der Waals surface area contributed by atoms with E-state index in [9.17, 15) is 13.2 Å². The molecule has 0 unspecified atom stereocenters. The first-order valence-electron chi connectivity index (χ1n) is 9.49. The van der Waals surface area contributed by atoms with Crippen LogP contribution in [0.4, 0.5) is 18.9 Å². The van der Waals surface area contributed by atoms with E-state index in [-0.39, 0.29) is 5.41 Å². The fraction of sp³-hybridized carbons (Fsp3) is 0.409. The zero-order valence-electron chi connectivity index (χ0n) is 16.3. The monoisotopic (exact) mass is 466 g/mol. The number of para-hydroxylation sites is 1. The van der Waals surface area contributed by atoms with Gasteiger partial charge in [-0.1, -0.05) is 42.4 Å². The number of hydrogen-bond donors (Lipinski definition) is 0. The molecule has 0 bridgehead atoms. The maximum Gasteiger partial charge on any atom is 0.416 e. The van der Waals surface area contributed by atoms with Crippen molar-refractivity contribution in [2.75, 3.05) is 11.4 Å². The van der Waals surface area contributed by atoms with Crippen molar-refractivity contribution in [3.05, 3.63) is 65.2 Å². The molecule has 2 heterocycles. The number of anilines is 1. The Bertz CT molecular complexity index is 961.